The Kier molecular flexibility index (Phi) is 3.20. The number of allylic oxidation sites excluding steroid dienone is 1. The molecule has 0 unspecified atom stereocenters. The van der Waals surface area contributed by atoms with Crippen molar-refractivity contribution in [2.45, 2.75) is 13.8 Å². The zero-order valence-electron chi connectivity index (χ0n) is 11.4. The molecule has 0 bridgehead atoms. The summed E-state index contributed by atoms with van der Waals surface area (Å²) in [4.78, 5) is 21.0. The van der Waals surface area contributed by atoms with Gasteiger partial charge in [-0.2, -0.15) is 5.26 Å². The molecule has 3 aromatic heterocycles. The highest BCUT2D eigenvalue weighted by Gasteiger charge is 2.14. The quantitative estimate of drug-likeness (QED) is 0.736. The first-order valence-corrected chi connectivity index (χ1v) is 7.07. The maximum Gasteiger partial charge on any atom is 0.260 e. The van der Waals surface area contributed by atoms with Crippen LogP contribution in [0.4, 0.5) is 0 Å². The van der Waals surface area contributed by atoms with Crippen LogP contribution >= 0.6 is 11.3 Å². The summed E-state index contributed by atoms with van der Waals surface area (Å²) in [5, 5.41) is 9.88. The predicted octanol–water partition coefficient (Wildman–Crippen LogP) is 3.26. The maximum absolute atomic E-state index is 12.2. The smallest absolute Gasteiger partial charge is 0.260 e. The lowest BCUT2D eigenvalue weighted by atomic mass is 10.2. The summed E-state index contributed by atoms with van der Waals surface area (Å²) in [6, 6.07) is 5.50. The normalized spacial score (nSPS) is 11.8. The van der Waals surface area contributed by atoms with Gasteiger partial charge < -0.3 is 9.40 Å². The van der Waals surface area contributed by atoms with Crippen molar-refractivity contribution in [3.63, 3.8) is 0 Å². The summed E-state index contributed by atoms with van der Waals surface area (Å²) in [5.41, 5.74) is 0.967. The summed E-state index contributed by atoms with van der Waals surface area (Å²) < 4.78 is 5.18. The van der Waals surface area contributed by atoms with Crippen molar-refractivity contribution in [1.82, 2.24) is 9.97 Å². The first-order valence-electron chi connectivity index (χ1n) is 6.26. The Labute approximate surface area is 124 Å². The van der Waals surface area contributed by atoms with Gasteiger partial charge in [0.1, 0.15) is 16.7 Å². The Morgan fingerprint density at radius 2 is 2.33 bits per heavy atom. The number of hydrogen-bond acceptors (Lipinski definition) is 5. The van der Waals surface area contributed by atoms with Gasteiger partial charge >= 0.3 is 0 Å². The third-order valence-electron chi connectivity index (χ3n) is 3.24. The van der Waals surface area contributed by atoms with Gasteiger partial charge in [0.25, 0.3) is 5.56 Å². The Morgan fingerprint density at radius 3 is 3.00 bits per heavy atom. The van der Waals surface area contributed by atoms with Crippen LogP contribution in [0.2, 0.25) is 0 Å². The van der Waals surface area contributed by atoms with E-state index in [1.807, 2.05) is 19.9 Å². The fourth-order valence-electron chi connectivity index (χ4n) is 2.05. The number of nitrogens with zero attached hydrogens (tertiary/aromatic N) is 2. The number of H-pyrrole nitrogens is 1. The van der Waals surface area contributed by atoms with E-state index in [9.17, 15) is 10.1 Å². The Balaban J connectivity index is 2.21. The molecule has 1 N–H and O–H groups in total. The van der Waals surface area contributed by atoms with E-state index in [1.54, 1.807) is 18.2 Å². The van der Waals surface area contributed by atoms with Crippen molar-refractivity contribution in [3.05, 3.63) is 50.8 Å². The molecule has 0 radical (unpaired) electrons. The fourth-order valence-corrected chi connectivity index (χ4v) is 3.08. The first kappa shape index (κ1) is 13.3. The standard InChI is InChI=1S/C15H11N3O2S/c1-8-9(2)21-15-12(8)14(19)17-13(18-15)10(7-16)6-11-4-3-5-20-11/h3-6H,1-2H3,(H,17,18,19)/b10-6-. The lowest BCUT2D eigenvalue weighted by Gasteiger charge is -1.98. The van der Waals surface area contributed by atoms with Crippen LogP contribution < -0.4 is 5.56 Å². The van der Waals surface area contributed by atoms with E-state index in [-0.39, 0.29) is 17.0 Å². The number of hydrogen-bond donors (Lipinski definition) is 1. The van der Waals surface area contributed by atoms with Gasteiger partial charge in [0.05, 0.1) is 17.2 Å². The van der Waals surface area contributed by atoms with Gasteiger partial charge in [0.2, 0.25) is 0 Å². The van der Waals surface area contributed by atoms with Crippen LogP contribution in [0, 0.1) is 25.2 Å². The van der Waals surface area contributed by atoms with Gasteiger partial charge in [-0.1, -0.05) is 0 Å². The van der Waals surface area contributed by atoms with Crippen LogP contribution in [0.3, 0.4) is 0 Å². The molecule has 0 aliphatic rings. The molecule has 21 heavy (non-hydrogen) atoms. The highest BCUT2D eigenvalue weighted by Crippen LogP contribution is 2.26. The van der Waals surface area contributed by atoms with Crippen molar-refractivity contribution in [1.29, 1.82) is 5.26 Å². The second-order valence-electron chi connectivity index (χ2n) is 4.56. The van der Waals surface area contributed by atoms with Crippen LogP contribution in [0.1, 0.15) is 22.0 Å². The zero-order chi connectivity index (χ0) is 15.0. The monoisotopic (exact) mass is 297 g/mol. The molecule has 104 valence electrons. The molecule has 0 saturated carbocycles. The molecule has 6 heteroatoms. The Morgan fingerprint density at radius 1 is 1.52 bits per heavy atom. The number of rotatable bonds is 2. The van der Waals surface area contributed by atoms with Gasteiger partial charge in [-0.25, -0.2) is 4.98 Å². The number of aromatic nitrogens is 2. The van der Waals surface area contributed by atoms with Crippen molar-refractivity contribution in [2.24, 2.45) is 0 Å². The average molecular weight is 297 g/mol. The number of furan rings is 1. The number of aryl methyl sites for hydroxylation is 2. The molecule has 0 fully saturated rings. The van der Waals surface area contributed by atoms with E-state index in [0.29, 0.717) is 16.0 Å². The lowest BCUT2D eigenvalue weighted by molar-refractivity contribution is 0.557. The van der Waals surface area contributed by atoms with E-state index < -0.39 is 0 Å². The summed E-state index contributed by atoms with van der Waals surface area (Å²) in [6.07, 6.45) is 3.07. The second-order valence-corrected chi connectivity index (χ2v) is 5.77. The molecule has 0 aromatic carbocycles. The van der Waals surface area contributed by atoms with Crippen molar-refractivity contribution < 1.29 is 4.42 Å². The SMILES string of the molecule is Cc1sc2nc(/C(C#N)=C\c3ccco3)[nH]c(=O)c2c1C. The highest BCUT2D eigenvalue weighted by molar-refractivity contribution is 7.18. The van der Waals surface area contributed by atoms with Gasteiger partial charge in [0, 0.05) is 11.0 Å². The van der Waals surface area contributed by atoms with E-state index in [0.717, 1.165) is 10.4 Å². The topological polar surface area (TPSA) is 82.7 Å². The average Bonchev–Trinajstić information content (AvgIpc) is 3.05. The molecular weight excluding hydrogens is 286 g/mol. The van der Waals surface area contributed by atoms with Gasteiger partial charge in [-0.05, 0) is 31.5 Å². The van der Waals surface area contributed by atoms with Gasteiger partial charge in [-0.3, -0.25) is 4.79 Å². The fraction of sp³-hybridized carbons (Fsp3) is 0.133. The van der Waals surface area contributed by atoms with Crippen LogP contribution in [0.25, 0.3) is 21.9 Å². The van der Waals surface area contributed by atoms with Crippen LogP contribution in [0.15, 0.2) is 27.6 Å². The molecule has 0 saturated heterocycles. The maximum atomic E-state index is 12.2. The van der Waals surface area contributed by atoms with Crippen LogP contribution in [-0.4, -0.2) is 9.97 Å². The third-order valence-corrected chi connectivity index (χ3v) is 4.35. The summed E-state index contributed by atoms with van der Waals surface area (Å²) in [7, 11) is 0. The van der Waals surface area contributed by atoms with E-state index in [4.69, 9.17) is 4.42 Å². The molecule has 0 aliphatic heterocycles. The Hall–Kier alpha value is -2.65. The van der Waals surface area contributed by atoms with Gasteiger partial charge in [-0.15, -0.1) is 11.3 Å². The zero-order valence-corrected chi connectivity index (χ0v) is 12.2. The largest absolute Gasteiger partial charge is 0.465 e. The molecule has 0 atom stereocenters. The highest BCUT2D eigenvalue weighted by atomic mass is 32.1. The summed E-state index contributed by atoms with van der Waals surface area (Å²) >= 11 is 1.45. The molecule has 0 amide bonds. The molecular formula is C15H11N3O2S. The van der Waals surface area contributed by atoms with E-state index in [1.165, 1.54) is 17.6 Å². The summed E-state index contributed by atoms with van der Waals surface area (Å²) in [5.74, 6) is 0.792. The van der Waals surface area contributed by atoms with Crippen molar-refractivity contribution in [3.8, 4) is 6.07 Å². The first-order chi connectivity index (χ1) is 10.1. The molecule has 3 rings (SSSR count). The Bertz CT molecular complexity index is 940. The van der Waals surface area contributed by atoms with Crippen molar-refractivity contribution >= 4 is 33.2 Å². The summed E-state index contributed by atoms with van der Waals surface area (Å²) in [6.45, 7) is 3.85. The van der Waals surface area contributed by atoms with E-state index in [2.05, 4.69) is 9.97 Å². The minimum atomic E-state index is -0.225. The third kappa shape index (κ3) is 2.28. The lowest BCUT2D eigenvalue weighted by Crippen LogP contribution is -2.10. The molecule has 5 nitrogen and oxygen atoms in total. The number of nitriles is 1. The second kappa shape index (κ2) is 5.04. The molecule has 3 aromatic rings. The number of nitrogens with one attached hydrogen (secondary N) is 1. The molecule has 3 heterocycles. The van der Waals surface area contributed by atoms with Crippen LogP contribution in [0.5, 0.6) is 0 Å². The van der Waals surface area contributed by atoms with Gasteiger partial charge in [0.15, 0.2) is 5.82 Å². The molecule has 0 aliphatic carbocycles. The number of thiophene rings is 1. The predicted molar refractivity (Wildman–Crippen MR) is 81.9 cm³/mol. The van der Waals surface area contributed by atoms with Crippen LogP contribution in [-0.2, 0) is 0 Å². The van der Waals surface area contributed by atoms with Crippen molar-refractivity contribution in [2.75, 3.05) is 0 Å². The molecule has 0 spiro atoms. The number of aromatic amines is 1. The van der Waals surface area contributed by atoms with E-state index >= 15 is 0 Å². The minimum Gasteiger partial charge on any atom is -0.465 e. The number of fused-ring (bicyclic) bond motifs is 1. The minimum absolute atomic E-state index is 0.225.